The third-order valence-electron chi connectivity index (χ3n) is 6.51. The van der Waals surface area contributed by atoms with Crippen LogP contribution in [0.15, 0.2) is 40.9 Å². The first kappa shape index (κ1) is 25.0. The fourth-order valence-corrected chi connectivity index (χ4v) is 5.39. The Labute approximate surface area is 222 Å². The quantitative estimate of drug-likeness (QED) is 0.494. The molecular weight excluding hydrogens is 548 g/mol. The van der Waals surface area contributed by atoms with Crippen LogP contribution in [0.5, 0.6) is 5.75 Å². The number of nitrogens with one attached hydrogen (secondary N) is 1. The zero-order chi connectivity index (χ0) is 25.2. The van der Waals surface area contributed by atoms with E-state index in [2.05, 4.69) is 21.2 Å². The smallest absolute Gasteiger partial charge is 0.255 e. The summed E-state index contributed by atoms with van der Waals surface area (Å²) in [5.74, 6) is 0.336. The van der Waals surface area contributed by atoms with Crippen molar-refractivity contribution in [2.75, 3.05) is 51.8 Å². The van der Waals surface area contributed by atoms with Crippen molar-refractivity contribution in [3.8, 4) is 5.75 Å². The average Bonchev–Trinajstić information content (AvgIpc) is 2.88. The lowest BCUT2D eigenvalue weighted by Crippen LogP contribution is -2.43. The molecule has 1 fully saturated rings. The van der Waals surface area contributed by atoms with E-state index >= 15 is 0 Å². The van der Waals surface area contributed by atoms with Gasteiger partial charge < -0.3 is 19.7 Å². The molecule has 1 N–H and O–H groups in total. The Balaban J connectivity index is 1.43. The lowest BCUT2D eigenvalue weighted by molar-refractivity contribution is -0.117. The van der Waals surface area contributed by atoms with Gasteiger partial charge in [-0.3, -0.25) is 19.5 Å². The van der Waals surface area contributed by atoms with E-state index in [0.29, 0.717) is 67.8 Å². The van der Waals surface area contributed by atoms with Crippen LogP contribution in [0.3, 0.4) is 0 Å². The van der Waals surface area contributed by atoms with Crippen LogP contribution in [0.2, 0.25) is 5.02 Å². The number of nitrogens with zero attached hydrogens (tertiary/aromatic N) is 3. The normalized spacial score (nSPS) is 16.0. The van der Waals surface area contributed by atoms with E-state index in [1.807, 2.05) is 28.0 Å². The maximum absolute atomic E-state index is 13.8. The summed E-state index contributed by atoms with van der Waals surface area (Å²) in [7, 11) is 1.54. The van der Waals surface area contributed by atoms with Gasteiger partial charge in [-0.2, -0.15) is 0 Å². The summed E-state index contributed by atoms with van der Waals surface area (Å²) < 4.78 is 11.7. The fraction of sp³-hybridized carbons (Fsp3) is 0.346. The van der Waals surface area contributed by atoms with Crippen molar-refractivity contribution in [1.29, 1.82) is 0 Å². The van der Waals surface area contributed by atoms with Gasteiger partial charge in [-0.1, -0.05) is 23.7 Å². The number of fused-ring (bicyclic) bond motifs is 2. The number of anilines is 1. The van der Waals surface area contributed by atoms with Crippen LogP contribution in [0, 0.1) is 0 Å². The number of carbonyl (C=O) groups is 2. The van der Waals surface area contributed by atoms with Gasteiger partial charge in [0.25, 0.3) is 5.91 Å². The number of morpholine rings is 1. The van der Waals surface area contributed by atoms with Crippen LogP contribution in [-0.2, 0) is 22.5 Å². The van der Waals surface area contributed by atoms with E-state index in [1.54, 1.807) is 25.3 Å². The first-order valence-electron chi connectivity index (χ1n) is 11.8. The average molecular weight is 574 g/mol. The van der Waals surface area contributed by atoms with Crippen molar-refractivity contribution in [3.05, 3.63) is 62.7 Å². The molecule has 2 aliphatic heterocycles. The number of aromatic nitrogens is 1. The summed E-state index contributed by atoms with van der Waals surface area (Å²) in [5.41, 5.74) is 3.76. The van der Waals surface area contributed by atoms with E-state index in [4.69, 9.17) is 26.1 Å². The molecule has 0 radical (unpaired) electrons. The van der Waals surface area contributed by atoms with Crippen LogP contribution in [-0.4, -0.2) is 73.1 Å². The second-order valence-corrected chi connectivity index (χ2v) is 10.1. The number of benzene rings is 2. The molecule has 36 heavy (non-hydrogen) atoms. The third kappa shape index (κ3) is 5.06. The van der Waals surface area contributed by atoms with Crippen molar-refractivity contribution in [3.63, 3.8) is 0 Å². The molecule has 188 valence electrons. The lowest BCUT2D eigenvalue weighted by atomic mass is 9.94. The number of ether oxygens (including phenoxy) is 2. The summed E-state index contributed by atoms with van der Waals surface area (Å²) in [6.07, 6.45) is 0.643. The summed E-state index contributed by atoms with van der Waals surface area (Å²) in [5, 5.41) is 4.22. The van der Waals surface area contributed by atoms with Crippen LogP contribution in [0.1, 0.15) is 21.6 Å². The molecule has 3 aromatic rings. The second-order valence-electron chi connectivity index (χ2n) is 8.81. The van der Waals surface area contributed by atoms with Crippen molar-refractivity contribution < 1.29 is 19.1 Å². The molecule has 0 saturated carbocycles. The van der Waals surface area contributed by atoms with E-state index < -0.39 is 0 Å². The van der Waals surface area contributed by atoms with Crippen molar-refractivity contribution in [2.45, 2.75) is 13.0 Å². The molecule has 3 heterocycles. The maximum Gasteiger partial charge on any atom is 0.255 e. The molecule has 5 rings (SSSR count). The van der Waals surface area contributed by atoms with Gasteiger partial charge in [0.1, 0.15) is 5.75 Å². The number of amides is 2. The highest BCUT2D eigenvalue weighted by molar-refractivity contribution is 9.10. The Bertz CT molecular complexity index is 1330. The molecule has 0 aliphatic carbocycles. The highest BCUT2D eigenvalue weighted by atomic mass is 79.9. The highest BCUT2D eigenvalue weighted by Crippen LogP contribution is 2.33. The predicted octanol–water partition coefficient (Wildman–Crippen LogP) is 4.13. The monoisotopic (exact) mass is 572 g/mol. The van der Waals surface area contributed by atoms with E-state index in [1.165, 1.54) is 0 Å². The molecular formula is C26H26BrClN4O4. The largest absolute Gasteiger partial charge is 0.495 e. The Morgan fingerprint density at radius 1 is 1.19 bits per heavy atom. The lowest BCUT2D eigenvalue weighted by Gasteiger charge is -2.32. The van der Waals surface area contributed by atoms with Gasteiger partial charge in [0, 0.05) is 58.7 Å². The molecule has 8 nitrogen and oxygen atoms in total. The summed E-state index contributed by atoms with van der Waals surface area (Å²) in [6, 6.07) is 10.9. The molecule has 0 bridgehead atoms. The highest BCUT2D eigenvalue weighted by Gasteiger charge is 2.30. The Morgan fingerprint density at radius 3 is 2.78 bits per heavy atom. The van der Waals surface area contributed by atoms with E-state index in [0.717, 1.165) is 26.6 Å². The van der Waals surface area contributed by atoms with Gasteiger partial charge in [-0.25, -0.2) is 0 Å². The second kappa shape index (κ2) is 10.7. The Kier molecular flexibility index (Phi) is 7.43. The number of para-hydroxylation sites is 1. The zero-order valence-electron chi connectivity index (χ0n) is 19.9. The Morgan fingerprint density at radius 2 is 2.00 bits per heavy atom. The molecule has 2 amide bonds. The molecule has 1 aromatic heterocycles. The zero-order valence-corrected chi connectivity index (χ0v) is 22.2. The molecule has 0 unspecified atom stereocenters. The predicted molar refractivity (Wildman–Crippen MR) is 142 cm³/mol. The van der Waals surface area contributed by atoms with E-state index in [-0.39, 0.29) is 18.4 Å². The van der Waals surface area contributed by atoms with Crippen molar-refractivity contribution in [2.24, 2.45) is 0 Å². The standard InChI is InChI=1S/C26H26BrClN4O4/c1-35-22-6-5-16(28)13-21(22)29-23(33)15-31-8-7-20-18(14-31)24(26(34)32-9-11-36-12-10-32)17-3-2-4-19(27)25(17)30-20/h2-6,13H,7-12,14-15H2,1H3,(H,29,33). The number of hydrogen-bond donors (Lipinski definition) is 1. The van der Waals surface area contributed by atoms with Crippen LogP contribution in [0.4, 0.5) is 5.69 Å². The molecule has 2 aliphatic rings. The van der Waals surface area contributed by atoms with Gasteiger partial charge in [0.2, 0.25) is 5.91 Å². The van der Waals surface area contributed by atoms with Crippen LogP contribution >= 0.6 is 27.5 Å². The number of methoxy groups -OCH3 is 1. The molecule has 2 aromatic carbocycles. The van der Waals surface area contributed by atoms with Gasteiger partial charge in [-0.05, 0) is 40.2 Å². The van der Waals surface area contributed by atoms with Gasteiger partial charge in [0.15, 0.2) is 0 Å². The summed E-state index contributed by atoms with van der Waals surface area (Å²) in [6.45, 7) is 3.44. The van der Waals surface area contributed by atoms with E-state index in [9.17, 15) is 9.59 Å². The number of hydrogen-bond acceptors (Lipinski definition) is 6. The molecule has 0 spiro atoms. The number of carbonyl (C=O) groups excluding carboxylic acids is 2. The fourth-order valence-electron chi connectivity index (χ4n) is 4.76. The van der Waals surface area contributed by atoms with Crippen LogP contribution < -0.4 is 10.1 Å². The van der Waals surface area contributed by atoms with Gasteiger partial charge >= 0.3 is 0 Å². The minimum atomic E-state index is -0.184. The molecule has 0 atom stereocenters. The molecule has 1 saturated heterocycles. The van der Waals surface area contributed by atoms with Crippen molar-refractivity contribution in [1.82, 2.24) is 14.8 Å². The van der Waals surface area contributed by atoms with Crippen molar-refractivity contribution >= 4 is 55.9 Å². The number of rotatable bonds is 5. The SMILES string of the molecule is COc1ccc(Cl)cc1NC(=O)CN1CCc2nc3c(Br)cccc3c(C(=O)N3CCOCC3)c2C1. The minimum absolute atomic E-state index is 0.0185. The summed E-state index contributed by atoms with van der Waals surface area (Å²) >= 11 is 9.71. The number of pyridine rings is 1. The maximum atomic E-state index is 13.8. The van der Waals surface area contributed by atoms with Crippen LogP contribution in [0.25, 0.3) is 10.9 Å². The first-order valence-corrected chi connectivity index (χ1v) is 12.9. The Hall–Kier alpha value is -2.72. The summed E-state index contributed by atoms with van der Waals surface area (Å²) in [4.78, 5) is 35.5. The minimum Gasteiger partial charge on any atom is -0.495 e. The topological polar surface area (TPSA) is 84.0 Å². The third-order valence-corrected chi connectivity index (χ3v) is 7.39. The van der Waals surface area contributed by atoms with Gasteiger partial charge in [0.05, 0.1) is 43.6 Å². The molecule has 10 heteroatoms. The number of halogens is 2. The van der Waals surface area contributed by atoms with Gasteiger partial charge in [-0.15, -0.1) is 0 Å². The first-order chi connectivity index (χ1) is 17.4.